The van der Waals surface area contributed by atoms with Gasteiger partial charge in [-0.2, -0.15) is 0 Å². The molecule has 0 aliphatic carbocycles. The van der Waals surface area contributed by atoms with Crippen LogP contribution in [0.3, 0.4) is 0 Å². The molecule has 1 aliphatic rings. The zero-order valence-electron chi connectivity index (χ0n) is 11.1. The predicted octanol–water partition coefficient (Wildman–Crippen LogP) is 0.948. The summed E-state index contributed by atoms with van der Waals surface area (Å²) in [7, 11) is 0. The zero-order valence-corrected chi connectivity index (χ0v) is 11.1. The lowest BCUT2D eigenvalue weighted by Crippen LogP contribution is -2.45. The van der Waals surface area contributed by atoms with Crippen molar-refractivity contribution in [2.45, 2.75) is 6.10 Å². The molecule has 1 unspecified atom stereocenters. The van der Waals surface area contributed by atoms with Gasteiger partial charge in [0.1, 0.15) is 11.9 Å². The van der Waals surface area contributed by atoms with E-state index in [1.807, 2.05) is 0 Å². The summed E-state index contributed by atoms with van der Waals surface area (Å²) >= 11 is 0. The van der Waals surface area contributed by atoms with Gasteiger partial charge in [0.15, 0.2) is 0 Å². The fourth-order valence-corrected chi connectivity index (χ4v) is 2.11. The van der Waals surface area contributed by atoms with Gasteiger partial charge in [-0.25, -0.2) is 4.39 Å². The summed E-state index contributed by atoms with van der Waals surface area (Å²) in [5.74, 6) is 2.14. The van der Waals surface area contributed by atoms with Gasteiger partial charge in [-0.3, -0.25) is 10.1 Å². The largest absolute Gasteiger partial charge is 0.370 e. The van der Waals surface area contributed by atoms with E-state index in [-0.39, 0.29) is 24.4 Å². The van der Waals surface area contributed by atoms with E-state index in [2.05, 4.69) is 11.2 Å². The Morgan fingerprint density at radius 2 is 2.25 bits per heavy atom. The van der Waals surface area contributed by atoms with Crippen molar-refractivity contribution in [3.8, 4) is 12.3 Å². The number of morpholine rings is 1. The third kappa shape index (κ3) is 3.80. The van der Waals surface area contributed by atoms with Crippen LogP contribution in [0.5, 0.6) is 0 Å². The first-order valence-electron chi connectivity index (χ1n) is 6.49. The van der Waals surface area contributed by atoms with Crippen molar-refractivity contribution in [2.75, 3.05) is 32.8 Å². The zero-order chi connectivity index (χ0) is 14.4. The van der Waals surface area contributed by atoms with Crippen molar-refractivity contribution >= 4 is 5.91 Å². The quantitative estimate of drug-likeness (QED) is 0.657. The molecule has 1 aromatic rings. The molecule has 1 heterocycles. The van der Waals surface area contributed by atoms with Crippen molar-refractivity contribution in [3.05, 3.63) is 35.6 Å². The van der Waals surface area contributed by atoms with E-state index in [1.54, 1.807) is 17.0 Å². The second kappa shape index (κ2) is 7.04. The van der Waals surface area contributed by atoms with Crippen LogP contribution in [0.1, 0.15) is 11.7 Å². The molecule has 1 aromatic carbocycles. The first kappa shape index (κ1) is 14.5. The van der Waals surface area contributed by atoms with E-state index in [1.165, 1.54) is 12.1 Å². The van der Waals surface area contributed by atoms with E-state index in [0.29, 0.717) is 26.2 Å². The van der Waals surface area contributed by atoms with E-state index in [4.69, 9.17) is 11.2 Å². The summed E-state index contributed by atoms with van der Waals surface area (Å²) < 4.78 is 18.5. The minimum atomic E-state index is -0.282. The van der Waals surface area contributed by atoms with Gasteiger partial charge in [-0.15, -0.1) is 6.42 Å². The number of ether oxygens (including phenoxy) is 1. The van der Waals surface area contributed by atoms with Gasteiger partial charge >= 0.3 is 0 Å². The highest BCUT2D eigenvalue weighted by atomic mass is 19.1. The first-order valence-corrected chi connectivity index (χ1v) is 6.49. The Balaban J connectivity index is 1.93. The molecule has 1 amide bonds. The molecule has 20 heavy (non-hydrogen) atoms. The third-order valence-corrected chi connectivity index (χ3v) is 3.16. The minimum absolute atomic E-state index is 0.00402. The maximum atomic E-state index is 12.9. The third-order valence-electron chi connectivity index (χ3n) is 3.16. The molecule has 1 N–H and O–H groups in total. The van der Waals surface area contributed by atoms with E-state index in [0.717, 1.165) is 5.56 Å². The molecule has 4 nitrogen and oxygen atoms in total. The van der Waals surface area contributed by atoms with Crippen LogP contribution in [0.15, 0.2) is 24.3 Å². The number of terminal acetylenes is 1. The van der Waals surface area contributed by atoms with E-state index >= 15 is 0 Å². The summed E-state index contributed by atoms with van der Waals surface area (Å²) in [5, 5.41) is 2.88. The fourth-order valence-electron chi connectivity index (χ4n) is 2.11. The SMILES string of the molecule is C#CCNCC(=O)N1CCOC(c2ccc(F)cc2)C1. The number of halogens is 1. The Morgan fingerprint density at radius 3 is 2.95 bits per heavy atom. The van der Waals surface area contributed by atoms with Crippen LogP contribution in [0.4, 0.5) is 4.39 Å². The van der Waals surface area contributed by atoms with E-state index < -0.39 is 0 Å². The second-order valence-corrected chi connectivity index (χ2v) is 4.56. The van der Waals surface area contributed by atoms with Crippen LogP contribution < -0.4 is 5.32 Å². The minimum Gasteiger partial charge on any atom is -0.370 e. The Morgan fingerprint density at radius 1 is 1.50 bits per heavy atom. The summed E-state index contributed by atoms with van der Waals surface area (Å²) in [6.45, 7) is 2.11. The van der Waals surface area contributed by atoms with Crippen molar-refractivity contribution in [1.29, 1.82) is 0 Å². The molecule has 1 atom stereocenters. The maximum Gasteiger partial charge on any atom is 0.236 e. The van der Waals surface area contributed by atoms with Crippen molar-refractivity contribution < 1.29 is 13.9 Å². The van der Waals surface area contributed by atoms with Crippen molar-refractivity contribution in [2.24, 2.45) is 0 Å². The number of hydrogen-bond donors (Lipinski definition) is 1. The number of carbonyl (C=O) groups is 1. The predicted molar refractivity (Wildman–Crippen MR) is 73.4 cm³/mol. The standard InChI is InChI=1S/C15H17FN2O2/c1-2-7-17-10-15(19)18-8-9-20-14(11-18)12-3-5-13(16)6-4-12/h1,3-6,14,17H,7-11H2. The number of nitrogens with zero attached hydrogens (tertiary/aromatic N) is 1. The Labute approximate surface area is 117 Å². The number of benzene rings is 1. The Kier molecular flexibility index (Phi) is 5.10. The highest BCUT2D eigenvalue weighted by Gasteiger charge is 2.24. The van der Waals surface area contributed by atoms with Crippen LogP contribution >= 0.6 is 0 Å². The molecule has 0 aromatic heterocycles. The van der Waals surface area contributed by atoms with Gasteiger partial charge in [0.2, 0.25) is 5.91 Å². The number of nitrogens with one attached hydrogen (secondary N) is 1. The first-order chi connectivity index (χ1) is 9.70. The molecular weight excluding hydrogens is 259 g/mol. The summed E-state index contributed by atoms with van der Waals surface area (Å²) in [6.07, 6.45) is 4.91. The topological polar surface area (TPSA) is 41.6 Å². The number of carbonyl (C=O) groups excluding carboxylic acids is 1. The van der Waals surface area contributed by atoms with Crippen molar-refractivity contribution in [3.63, 3.8) is 0 Å². The van der Waals surface area contributed by atoms with Crippen molar-refractivity contribution in [1.82, 2.24) is 10.2 Å². The average Bonchev–Trinajstić information content (AvgIpc) is 2.48. The van der Waals surface area contributed by atoms with Crippen LogP contribution in [-0.2, 0) is 9.53 Å². The second-order valence-electron chi connectivity index (χ2n) is 4.56. The lowest BCUT2D eigenvalue weighted by Gasteiger charge is -2.33. The van der Waals surface area contributed by atoms with Gasteiger partial charge in [0.25, 0.3) is 0 Å². The Hall–Kier alpha value is -1.90. The monoisotopic (exact) mass is 276 g/mol. The smallest absolute Gasteiger partial charge is 0.236 e. The normalized spacial score (nSPS) is 18.6. The molecule has 2 rings (SSSR count). The lowest BCUT2D eigenvalue weighted by atomic mass is 10.1. The van der Waals surface area contributed by atoms with E-state index in [9.17, 15) is 9.18 Å². The van der Waals surface area contributed by atoms with Gasteiger partial charge in [0, 0.05) is 6.54 Å². The molecule has 0 radical (unpaired) electrons. The summed E-state index contributed by atoms with van der Waals surface area (Å²) in [4.78, 5) is 13.7. The molecule has 1 aliphatic heterocycles. The molecule has 0 bridgehead atoms. The average molecular weight is 276 g/mol. The van der Waals surface area contributed by atoms with Gasteiger partial charge in [-0.05, 0) is 17.7 Å². The molecule has 0 spiro atoms. The highest BCUT2D eigenvalue weighted by Crippen LogP contribution is 2.22. The van der Waals surface area contributed by atoms with Crippen LogP contribution in [0.2, 0.25) is 0 Å². The van der Waals surface area contributed by atoms with Gasteiger partial charge < -0.3 is 9.64 Å². The number of hydrogen-bond acceptors (Lipinski definition) is 3. The molecule has 1 fully saturated rings. The van der Waals surface area contributed by atoms with Crippen LogP contribution in [0, 0.1) is 18.2 Å². The number of rotatable bonds is 4. The summed E-state index contributed by atoms with van der Waals surface area (Å²) in [5.41, 5.74) is 0.875. The molecule has 5 heteroatoms. The maximum absolute atomic E-state index is 12.9. The Bertz CT molecular complexity index is 496. The lowest BCUT2D eigenvalue weighted by molar-refractivity contribution is -0.138. The molecule has 0 saturated carbocycles. The van der Waals surface area contributed by atoms with Crippen LogP contribution in [-0.4, -0.2) is 43.6 Å². The molecule has 1 saturated heterocycles. The van der Waals surface area contributed by atoms with Crippen LogP contribution in [0.25, 0.3) is 0 Å². The molecular formula is C15H17FN2O2. The fraction of sp³-hybridized carbons (Fsp3) is 0.400. The van der Waals surface area contributed by atoms with Gasteiger partial charge in [-0.1, -0.05) is 18.1 Å². The van der Waals surface area contributed by atoms with Gasteiger partial charge in [0.05, 0.1) is 26.2 Å². The number of amides is 1. The summed E-state index contributed by atoms with van der Waals surface area (Å²) in [6, 6.07) is 6.16. The highest BCUT2D eigenvalue weighted by molar-refractivity contribution is 5.78. The molecule has 106 valence electrons.